The normalized spacial score (nSPS) is 22.1. The Morgan fingerprint density at radius 2 is 2.07 bits per heavy atom. The predicted octanol–water partition coefficient (Wildman–Crippen LogP) is 4.40. The van der Waals surface area contributed by atoms with Crippen LogP contribution in [0.15, 0.2) is 29.8 Å². The molecular formula is C24H32O5. The van der Waals surface area contributed by atoms with Crippen LogP contribution in [0.5, 0.6) is 11.5 Å². The molecule has 2 aliphatic rings. The topological polar surface area (TPSA) is 72.8 Å². The fraction of sp³-hybridized carbons (Fsp3) is 0.583. The van der Waals surface area contributed by atoms with Crippen LogP contribution in [0.3, 0.4) is 0 Å². The van der Waals surface area contributed by atoms with Crippen molar-refractivity contribution in [1.29, 1.82) is 0 Å². The van der Waals surface area contributed by atoms with Crippen LogP contribution in [-0.2, 0) is 16.0 Å². The van der Waals surface area contributed by atoms with Gasteiger partial charge in [0.1, 0.15) is 12.1 Å². The first-order chi connectivity index (χ1) is 13.7. The average Bonchev–Trinajstić information content (AvgIpc) is 3.15. The summed E-state index contributed by atoms with van der Waals surface area (Å²) in [6, 6.07) is 5.74. The summed E-state index contributed by atoms with van der Waals surface area (Å²) in [6.45, 7) is 5.77. The molecule has 1 aromatic rings. The van der Waals surface area contributed by atoms with Crippen LogP contribution in [0.4, 0.5) is 0 Å². The number of aldehydes is 1. The standard InChI is InChI=1S/C24H32O5/c1-17(13-19-6-7-20-21(14-19)29-16-28-20)22(26)24(15-25)11-8-18(9-12-24)5-4-10-23(2,3)27/h6-8,14-15,17,27H,4-5,9-13,16H2,1-3H3. The van der Waals surface area contributed by atoms with Gasteiger partial charge in [-0.2, -0.15) is 0 Å². The summed E-state index contributed by atoms with van der Waals surface area (Å²) >= 11 is 0. The number of Topliss-reactive ketones (excluding diaryl/α,β-unsaturated/α-hetero) is 1. The van der Waals surface area contributed by atoms with E-state index < -0.39 is 11.0 Å². The zero-order valence-corrected chi connectivity index (χ0v) is 17.7. The Morgan fingerprint density at radius 3 is 2.72 bits per heavy atom. The van der Waals surface area contributed by atoms with Gasteiger partial charge in [-0.3, -0.25) is 4.79 Å². The maximum atomic E-state index is 13.2. The number of fused-ring (bicyclic) bond motifs is 1. The van der Waals surface area contributed by atoms with Gasteiger partial charge >= 0.3 is 0 Å². The second-order valence-corrected chi connectivity index (χ2v) is 9.16. The average molecular weight is 401 g/mol. The van der Waals surface area contributed by atoms with Gasteiger partial charge in [0.05, 0.1) is 11.0 Å². The van der Waals surface area contributed by atoms with Crippen molar-refractivity contribution in [2.45, 2.75) is 71.3 Å². The molecule has 0 fully saturated rings. The quantitative estimate of drug-likeness (QED) is 0.378. The highest BCUT2D eigenvalue weighted by atomic mass is 16.7. The maximum absolute atomic E-state index is 13.2. The number of allylic oxidation sites excluding steroid dienone is 2. The highest BCUT2D eigenvalue weighted by Gasteiger charge is 2.41. The molecule has 1 aliphatic heterocycles. The van der Waals surface area contributed by atoms with E-state index in [1.165, 1.54) is 5.57 Å². The minimum atomic E-state index is -0.907. The monoisotopic (exact) mass is 400 g/mol. The van der Waals surface area contributed by atoms with E-state index in [0.717, 1.165) is 43.3 Å². The van der Waals surface area contributed by atoms with Crippen LogP contribution in [-0.4, -0.2) is 29.6 Å². The van der Waals surface area contributed by atoms with Crippen molar-refractivity contribution in [2.75, 3.05) is 6.79 Å². The lowest BCUT2D eigenvalue weighted by atomic mass is 9.69. The van der Waals surface area contributed by atoms with Crippen molar-refractivity contribution < 1.29 is 24.2 Å². The van der Waals surface area contributed by atoms with Gasteiger partial charge in [-0.25, -0.2) is 0 Å². The van der Waals surface area contributed by atoms with Crippen molar-refractivity contribution in [2.24, 2.45) is 11.3 Å². The van der Waals surface area contributed by atoms with Crippen molar-refractivity contribution in [1.82, 2.24) is 0 Å². The van der Waals surface area contributed by atoms with Crippen LogP contribution in [0, 0.1) is 11.3 Å². The highest BCUT2D eigenvalue weighted by molar-refractivity contribution is 5.99. The second kappa shape index (κ2) is 8.70. The van der Waals surface area contributed by atoms with E-state index in [1.54, 1.807) is 0 Å². The van der Waals surface area contributed by atoms with Crippen LogP contribution < -0.4 is 9.47 Å². The highest BCUT2D eigenvalue weighted by Crippen LogP contribution is 2.39. The number of hydrogen-bond acceptors (Lipinski definition) is 5. The van der Waals surface area contributed by atoms with Gasteiger partial charge in [-0.1, -0.05) is 24.6 Å². The molecule has 1 aromatic carbocycles. The van der Waals surface area contributed by atoms with Crippen LogP contribution in [0.2, 0.25) is 0 Å². The summed E-state index contributed by atoms with van der Waals surface area (Å²) in [7, 11) is 0. The minimum Gasteiger partial charge on any atom is -0.454 e. The van der Waals surface area contributed by atoms with Gasteiger partial charge < -0.3 is 19.4 Å². The summed E-state index contributed by atoms with van der Waals surface area (Å²) in [5, 5.41) is 9.85. The number of benzene rings is 1. The van der Waals surface area contributed by atoms with Crippen molar-refractivity contribution >= 4 is 12.1 Å². The molecule has 1 aliphatic carbocycles. The fourth-order valence-electron chi connectivity index (χ4n) is 4.28. The molecule has 5 heteroatoms. The SMILES string of the molecule is CC(Cc1ccc2c(c1)OCO2)C(=O)C1(C=O)CC=C(CCCC(C)(C)O)CC1. The number of carbonyl (C=O) groups is 2. The lowest BCUT2D eigenvalue weighted by Crippen LogP contribution is -2.38. The van der Waals surface area contributed by atoms with Gasteiger partial charge in [-0.05, 0) is 76.5 Å². The molecule has 2 unspecified atom stereocenters. The first kappa shape index (κ1) is 21.6. The van der Waals surface area contributed by atoms with Crippen molar-refractivity contribution in [3.8, 4) is 11.5 Å². The lowest BCUT2D eigenvalue weighted by Gasteiger charge is -2.32. The molecule has 0 amide bonds. The number of carbonyl (C=O) groups excluding carboxylic acids is 2. The molecule has 0 saturated heterocycles. The van der Waals surface area contributed by atoms with Gasteiger partial charge in [0.25, 0.3) is 0 Å². The summed E-state index contributed by atoms with van der Waals surface area (Å²) in [4.78, 5) is 25.2. The molecule has 0 bridgehead atoms. The van der Waals surface area contributed by atoms with Gasteiger partial charge in [0.2, 0.25) is 6.79 Å². The molecule has 1 N–H and O–H groups in total. The molecule has 0 radical (unpaired) electrons. The third-order valence-electron chi connectivity index (χ3n) is 6.08. The van der Waals surface area contributed by atoms with E-state index in [4.69, 9.17) is 9.47 Å². The summed E-state index contributed by atoms with van der Waals surface area (Å²) in [5.41, 5.74) is 0.745. The molecule has 158 valence electrons. The van der Waals surface area contributed by atoms with Crippen LogP contribution >= 0.6 is 0 Å². The third kappa shape index (κ3) is 5.27. The Morgan fingerprint density at radius 1 is 1.31 bits per heavy atom. The molecule has 5 nitrogen and oxygen atoms in total. The third-order valence-corrected chi connectivity index (χ3v) is 6.08. The smallest absolute Gasteiger partial charge is 0.231 e. The molecule has 3 rings (SSSR count). The Hall–Kier alpha value is -2.14. The Labute approximate surface area is 173 Å². The molecule has 0 aromatic heterocycles. The second-order valence-electron chi connectivity index (χ2n) is 9.16. The summed E-state index contributed by atoms with van der Waals surface area (Å²) in [6.07, 6.45) is 7.93. The van der Waals surface area contributed by atoms with Crippen LogP contribution in [0.25, 0.3) is 0 Å². The van der Waals surface area contributed by atoms with Gasteiger partial charge in [-0.15, -0.1) is 0 Å². The molecule has 29 heavy (non-hydrogen) atoms. The zero-order chi connectivity index (χ0) is 21.1. The maximum Gasteiger partial charge on any atom is 0.231 e. The number of rotatable bonds is 9. The molecular weight excluding hydrogens is 368 g/mol. The van der Waals surface area contributed by atoms with E-state index in [0.29, 0.717) is 25.0 Å². The number of aliphatic hydroxyl groups is 1. The first-order valence-corrected chi connectivity index (χ1v) is 10.5. The Bertz CT molecular complexity index is 789. The molecule has 0 saturated carbocycles. The summed E-state index contributed by atoms with van der Waals surface area (Å²) in [5.74, 6) is 1.22. The van der Waals surface area contributed by atoms with E-state index in [-0.39, 0.29) is 18.5 Å². The minimum absolute atomic E-state index is 0.0250. The van der Waals surface area contributed by atoms with E-state index >= 15 is 0 Å². The number of ether oxygens (including phenoxy) is 2. The first-order valence-electron chi connectivity index (χ1n) is 10.5. The zero-order valence-electron chi connectivity index (χ0n) is 17.7. The summed E-state index contributed by atoms with van der Waals surface area (Å²) < 4.78 is 10.8. The largest absolute Gasteiger partial charge is 0.454 e. The molecule has 0 spiro atoms. The predicted molar refractivity (Wildman–Crippen MR) is 111 cm³/mol. The van der Waals surface area contributed by atoms with Gasteiger partial charge in [0, 0.05) is 5.92 Å². The Kier molecular flexibility index (Phi) is 6.47. The van der Waals surface area contributed by atoms with Crippen molar-refractivity contribution in [3.63, 3.8) is 0 Å². The van der Waals surface area contributed by atoms with Crippen LogP contribution in [0.1, 0.15) is 64.9 Å². The Balaban J connectivity index is 1.60. The lowest BCUT2D eigenvalue weighted by molar-refractivity contribution is -0.138. The molecule has 2 atom stereocenters. The van der Waals surface area contributed by atoms with E-state index in [2.05, 4.69) is 6.08 Å². The molecule has 1 heterocycles. The van der Waals surface area contributed by atoms with E-state index in [1.807, 2.05) is 39.0 Å². The van der Waals surface area contributed by atoms with Gasteiger partial charge in [0.15, 0.2) is 11.5 Å². The number of ketones is 1. The van der Waals surface area contributed by atoms with E-state index in [9.17, 15) is 14.7 Å². The van der Waals surface area contributed by atoms with Crippen molar-refractivity contribution in [3.05, 3.63) is 35.4 Å². The number of hydrogen-bond donors (Lipinski definition) is 1. The fourth-order valence-corrected chi connectivity index (χ4v) is 4.28.